The molecule has 3 aromatic rings. The maximum atomic E-state index is 14.5. The molecule has 2 amide bonds. The standard InChI is InChI=1S/C26H24F2N4O3/c27-16-9-18-17(20(28)10-16)11-22(33)24(18)32-21-6-7-31(26(35)13-4-5-13)12-19(21)23(30-32)14-2-1-3-15(8-14)25(29)34/h1-3,8-10,13,22,24,33H,4-7,11-12H2,(H2,29,34)/t22-,24?/m1/s1. The summed E-state index contributed by atoms with van der Waals surface area (Å²) in [6.45, 7) is 0.843. The first kappa shape index (κ1) is 21.9. The molecule has 3 N–H and O–H groups in total. The topological polar surface area (TPSA) is 101 Å². The van der Waals surface area contributed by atoms with Crippen molar-refractivity contribution in [3.05, 3.63) is 76.0 Å². The van der Waals surface area contributed by atoms with Crippen molar-refractivity contribution in [3.63, 3.8) is 0 Å². The van der Waals surface area contributed by atoms with E-state index in [4.69, 9.17) is 10.8 Å². The Kier molecular flexibility index (Phi) is 5.00. The molecule has 1 aliphatic heterocycles. The second kappa shape index (κ2) is 7.98. The smallest absolute Gasteiger partial charge is 0.248 e. The molecule has 1 unspecified atom stereocenters. The third-order valence-electron chi connectivity index (χ3n) is 7.30. The minimum Gasteiger partial charge on any atom is -0.390 e. The fourth-order valence-corrected chi connectivity index (χ4v) is 5.43. The lowest BCUT2D eigenvalue weighted by Crippen LogP contribution is -2.38. The van der Waals surface area contributed by atoms with Crippen LogP contribution < -0.4 is 5.73 Å². The summed E-state index contributed by atoms with van der Waals surface area (Å²) < 4.78 is 30.3. The van der Waals surface area contributed by atoms with Crippen LogP contribution in [-0.2, 0) is 24.2 Å². The molecule has 3 aliphatic rings. The van der Waals surface area contributed by atoms with E-state index in [1.54, 1.807) is 28.9 Å². The number of hydrogen-bond donors (Lipinski definition) is 2. The first-order valence-corrected chi connectivity index (χ1v) is 11.8. The summed E-state index contributed by atoms with van der Waals surface area (Å²) in [6, 6.07) is 8.10. The summed E-state index contributed by atoms with van der Waals surface area (Å²) >= 11 is 0. The molecular weight excluding hydrogens is 454 g/mol. The highest BCUT2D eigenvalue weighted by atomic mass is 19.1. The second-order valence-corrected chi connectivity index (χ2v) is 9.62. The van der Waals surface area contributed by atoms with E-state index >= 15 is 0 Å². The molecule has 1 fully saturated rings. The Morgan fingerprint density at radius 2 is 1.91 bits per heavy atom. The fourth-order valence-electron chi connectivity index (χ4n) is 5.43. The SMILES string of the molecule is NC(=O)c1cccc(-c2nn(C3c4cc(F)cc(F)c4C[C@H]3O)c3c2CN(C(=O)C2CC2)CC3)c1. The van der Waals surface area contributed by atoms with Crippen LogP contribution in [0.5, 0.6) is 0 Å². The number of nitrogens with two attached hydrogens (primary N) is 1. The van der Waals surface area contributed by atoms with Crippen molar-refractivity contribution in [2.24, 2.45) is 11.7 Å². The van der Waals surface area contributed by atoms with E-state index in [0.717, 1.165) is 30.2 Å². The van der Waals surface area contributed by atoms with Crippen molar-refractivity contribution in [3.8, 4) is 11.3 Å². The maximum absolute atomic E-state index is 14.5. The van der Waals surface area contributed by atoms with Crippen LogP contribution in [0.2, 0.25) is 0 Å². The molecule has 0 saturated heterocycles. The monoisotopic (exact) mass is 478 g/mol. The number of aliphatic hydroxyl groups is 1. The minimum absolute atomic E-state index is 0.0551. The highest BCUT2D eigenvalue weighted by Gasteiger charge is 2.41. The van der Waals surface area contributed by atoms with E-state index in [-0.39, 0.29) is 23.8 Å². The van der Waals surface area contributed by atoms with Crippen molar-refractivity contribution in [1.29, 1.82) is 0 Å². The number of primary amides is 1. The van der Waals surface area contributed by atoms with Gasteiger partial charge in [-0.05, 0) is 42.2 Å². The molecule has 9 heteroatoms. The number of halogens is 2. The summed E-state index contributed by atoms with van der Waals surface area (Å²) in [5.41, 5.74) is 9.29. The number of amides is 2. The third-order valence-corrected chi connectivity index (χ3v) is 7.30. The number of nitrogens with zero attached hydrogens (tertiary/aromatic N) is 3. The predicted molar refractivity (Wildman–Crippen MR) is 122 cm³/mol. The number of benzene rings is 2. The zero-order chi connectivity index (χ0) is 24.4. The van der Waals surface area contributed by atoms with Crippen LogP contribution in [0.25, 0.3) is 11.3 Å². The third kappa shape index (κ3) is 3.61. The molecule has 180 valence electrons. The number of carbonyl (C=O) groups excluding carboxylic acids is 2. The molecule has 0 radical (unpaired) electrons. The number of aromatic nitrogens is 2. The van der Waals surface area contributed by atoms with Gasteiger partial charge < -0.3 is 15.7 Å². The van der Waals surface area contributed by atoms with E-state index in [0.29, 0.717) is 41.9 Å². The number of aliphatic hydroxyl groups excluding tert-OH is 1. The Morgan fingerprint density at radius 3 is 2.66 bits per heavy atom. The van der Waals surface area contributed by atoms with Gasteiger partial charge in [0.2, 0.25) is 11.8 Å². The Hall–Kier alpha value is -3.59. The van der Waals surface area contributed by atoms with Crippen LogP contribution in [0.15, 0.2) is 36.4 Å². The zero-order valence-corrected chi connectivity index (χ0v) is 18.9. The first-order chi connectivity index (χ1) is 16.8. The molecule has 2 aromatic carbocycles. The van der Waals surface area contributed by atoms with Gasteiger partial charge in [-0.1, -0.05) is 12.1 Å². The average Bonchev–Trinajstić information content (AvgIpc) is 3.55. The molecule has 2 heterocycles. The van der Waals surface area contributed by atoms with Gasteiger partial charge in [0.05, 0.1) is 11.8 Å². The average molecular weight is 478 g/mol. The summed E-state index contributed by atoms with van der Waals surface area (Å²) in [6.07, 6.45) is 1.36. The molecule has 0 spiro atoms. The molecule has 1 aromatic heterocycles. The van der Waals surface area contributed by atoms with Gasteiger partial charge in [0, 0.05) is 60.3 Å². The lowest BCUT2D eigenvalue weighted by molar-refractivity contribution is -0.133. The Bertz CT molecular complexity index is 1380. The van der Waals surface area contributed by atoms with Gasteiger partial charge >= 0.3 is 0 Å². The van der Waals surface area contributed by atoms with Crippen LogP contribution in [-0.4, -0.2) is 44.3 Å². The molecule has 7 nitrogen and oxygen atoms in total. The summed E-state index contributed by atoms with van der Waals surface area (Å²) in [5.74, 6) is -1.77. The van der Waals surface area contributed by atoms with Gasteiger partial charge in [0.25, 0.3) is 0 Å². The van der Waals surface area contributed by atoms with Crippen LogP contribution in [0, 0.1) is 17.6 Å². The molecule has 35 heavy (non-hydrogen) atoms. The van der Waals surface area contributed by atoms with Gasteiger partial charge in [-0.2, -0.15) is 5.10 Å². The van der Waals surface area contributed by atoms with Crippen molar-refractivity contribution < 1.29 is 23.5 Å². The fraction of sp³-hybridized carbons (Fsp3) is 0.346. The molecule has 6 rings (SSSR count). The molecular formula is C26H24F2N4O3. The van der Waals surface area contributed by atoms with Gasteiger partial charge in [-0.3, -0.25) is 14.3 Å². The normalized spacial score (nSPS) is 21.1. The molecule has 2 atom stereocenters. The quantitative estimate of drug-likeness (QED) is 0.602. The molecule has 0 bridgehead atoms. The predicted octanol–water partition coefficient (Wildman–Crippen LogP) is 2.73. The zero-order valence-electron chi connectivity index (χ0n) is 18.9. The molecule has 2 aliphatic carbocycles. The lowest BCUT2D eigenvalue weighted by atomic mass is 9.98. The van der Waals surface area contributed by atoms with E-state index < -0.39 is 29.7 Å². The Labute approximate surface area is 200 Å². The van der Waals surface area contributed by atoms with Crippen molar-refractivity contribution >= 4 is 11.8 Å². The van der Waals surface area contributed by atoms with Crippen molar-refractivity contribution in [2.45, 2.75) is 44.4 Å². The van der Waals surface area contributed by atoms with E-state index in [9.17, 15) is 23.5 Å². The minimum atomic E-state index is -0.985. The van der Waals surface area contributed by atoms with Gasteiger partial charge in [0.1, 0.15) is 17.7 Å². The Balaban J connectivity index is 1.50. The van der Waals surface area contributed by atoms with Gasteiger partial charge in [0.15, 0.2) is 0 Å². The number of rotatable bonds is 4. The molecule has 1 saturated carbocycles. The summed E-state index contributed by atoms with van der Waals surface area (Å²) in [5, 5.41) is 15.8. The first-order valence-electron chi connectivity index (χ1n) is 11.8. The van der Waals surface area contributed by atoms with E-state index in [2.05, 4.69) is 0 Å². The van der Waals surface area contributed by atoms with Gasteiger partial charge in [-0.15, -0.1) is 0 Å². The maximum Gasteiger partial charge on any atom is 0.248 e. The second-order valence-electron chi connectivity index (χ2n) is 9.62. The number of hydrogen-bond acceptors (Lipinski definition) is 4. The largest absolute Gasteiger partial charge is 0.390 e. The van der Waals surface area contributed by atoms with Crippen LogP contribution in [0.3, 0.4) is 0 Å². The number of fused-ring (bicyclic) bond motifs is 2. The number of carbonyl (C=O) groups is 2. The lowest BCUT2D eigenvalue weighted by Gasteiger charge is -2.29. The highest BCUT2D eigenvalue weighted by molar-refractivity contribution is 5.94. The van der Waals surface area contributed by atoms with Crippen LogP contribution >= 0.6 is 0 Å². The van der Waals surface area contributed by atoms with E-state index in [1.165, 1.54) is 6.07 Å². The van der Waals surface area contributed by atoms with Crippen LogP contribution in [0.4, 0.5) is 8.78 Å². The van der Waals surface area contributed by atoms with Crippen LogP contribution in [0.1, 0.15) is 51.6 Å². The highest BCUT2D eigenvalue weighted by Crippen LogP contribution is 2.41. The van der Waals surface area contributed by atoms with E-state index in [1.807, 2.05) is 4.90 Å². The summed E-state index contributed by atoms with van der Waals surface area (Å²) in [4.78, 5) is 26.4. The van der Waals surface area contributed by atoms with Gasteiger partial charge in [-0.25, -0.2) is 8.78 Å². The van der Waals surface area contributed by atoms with Crippen molar-refractivity contribution in [2.75, 3.05) is 6.54 Å². The summed E-state index contributed by atoms with van der Waals surface area (Å²) in [7, 11) is 0. The van der Waals surface area contributed by atoms with Crippen molar-refractivity contribution in [1.82, 2.24) is 14.7 Å². The Morgan fingerprint density at radius 1 is 1.11 bits per heavy atom.